The van der Waals surface area contributed by atoms with E-state index in [1.54, 1.807) is 13.0 Å². The minimum absolute atomic E-state index is 0.0837. The van der Waals surface area contributed by atoms with Gasteiger partial charge in [0.25, 0.3) is 11.2 Å². The fourth-order valence-electron chi connectivity index (χ4n) is 2.61. The van der Waals surface area contributed by atoms with E-state index in [4.69, 9.17) is 0 Å². The molecule has 1 N–H and O–H groups in total. The quantitative estimate of drug-likeness (QED) is 0.539. The Balaban J connectivity index is 1.75. The van der Waals surface area contributed by atoms with Crippen LogP contribution >= 0.6 is 0 Å². The molecule has 8 nitrogen and oxygen atoms in total. The zero-order valence-electron chi connectivity index (χ0n) is 14.8. The van der Waals surface area contributed by atoms with Crippen LogP contribution in [-0.4, -0.2) is 20.4 Å². The van der Waals surface area contributed by atoms with Crippen LogP contribution in [0.25, 0.3) is 11.3 Å². The van der Waals surface area contributed by atoms with Gasteiger partial charge >= 0.3 is 0 Å². The van der Waals surface area contributed by atoms with Gasteiger partial charge < -0.3 is 5.32 Å². The van der Waals surface area contributed by atoms with Crippen LogP contribution in [0.1, 0.15) is 5.56 Å². The van der Waals surface area contributed by atoms with Crippen LogP contribution in [0.5, 0.6) is 0 Å². The maximum atomic E-state index is 13.8. The Bertz CT molecular complexity index is 1130. The van der Waals surface area contributed by atoms with E-state index in [1.165, 1.54) is 42.7 Å². The van der Waals surface area contributed by atoms with Gasteiger partial charge in [0.15, 0.2) is 0 Å². The molecule has 0 bridgehead atoms. The normalized spacial score (nSPS) is 10.5. The van der Waals surface area contributed by atoms with Crippen molar-refractivity contribution < 1.29 is 14.1 Å². The van der Waals surface area contributed by atoms with Gasteiger partial charge in [-0.25, -0.2) is 9.37 Å². The number of hydrogen-bond donors (Lipinski definition) is 1. The maximum Gasteiger partial charge on any atom is 0.269 e. The van der Waals surface area contributed by atoms with E-state index in [0.29, 0.717) is 11.3 Å². The zero-order valence-corrected chi connectivity index (χ0v) is 14.8. The lowest BCUT2D eigenvalue weighted by molar-refractivity contribution is -0.384. The van der Waals surface area contributed by atoms with Crippen LogP contribution in [0, 0.1) is 22.9 Å². The summed E-state index contributed by atoms with van der Waals surface area (Å²) in [7, 11) is 0. The SMILES string of the molecule is Cc1cc([N+](=O)[O-])ccc1NC(=O)Cn1cnc(-c2ccccc2F)cc1=O. The number of rotatable bonds is 5. The molecule has 1 amide bonds. The predicted molar refractivity (Wildman–Crippen MR) is 100 cm³/mol. The first-order valence-corrected chi connectivity index (χ1v) is 8.21. The molecule has 9 heteroatoms. The number of carbonyl (C=O) groups is 1. The van der Waals surface area contributed by atoms with Gasteiger partial charge in [-0.3, -0.25) is 24.3 Å². The van der Waals surface area contributed by atoms with E-state index >= 15 is 0 Å². The molecule has 0 saturated heterocycles. The predicted octanol–water partition coefficient (Wildman–Crippen LogP) is 2.90. The lowest BCUT2D eigenvalue weighted by Gasteiger charge is -2.10. The highest BCUT2D eigenvalue weighted by Crippen LogP contribution is 2.21. The molecule has 0 aliphatic rings. The van der Waals surface area contributed by atoms with Crippen molar-refractivity contribution in [3.63, 3.8) is 0 Å². The van der Waals surface area contributed by atoms with Gasteiger partial charge in [-0.1, -0.05) is 12.1 Å². The number of amides is 1. The zero-order chi connectivity index (χ0) is 20.3. The number of non-ortho nitro benzene ring substituents is 1. The first-order valence-electron chi connectivity index (χ1n) is 8.21. The number of benzene rings is 2. The minimum atomic E-state index is -0.527. The molecule has 0 saturated carbocycles. The summed E-state index contributed by atoms with van der Waals surface area (Å²) in [6.45, 7) is 1.32. The number of aryl methyl sites for hydroxylation is 1. The molecule has 0 spiro atoms. The van der Waals surface area contributed by atoms with Crippen molar-refractivity contribution in [1.82, 2.24) is 9.55 Å². The molecule has 0 radical (unpaired) electrons. The average molecular weight is 382 g/mol. The van der Waals surface area contributed by atoms with Gasteiger partial charge in [-0.2, -0.15) is 0 Å². The minimum Gasteiger partial charge on any atom is -0.324 e. The van der Waals surface area contributed by atoms with Crippen LogP contribution < -0.4 is 10.9 Å². The number of halogens is 1. The maximum absolute atomic E-state index is 13.8. The Labute approximate surface area is 158 Å². The third-order valence-electron chi connectivity index (χ3n) is 4.04. The standard InChI is InChI=1S/C19H15FN4O4/c1-12-8-13(24(27)28)6-7-16(12)22-18(25)10-23-11-21-17(9-19(23)26)14-4-2-3-5-15(14)20/h2-9,11H,10H2,1H3,(H,22,25). The van der Waals surface area contributed by atoms with Crippen molar-refractivity contribution in [3.8, 4) is 11.3 Å². The summed E-state index contributed by atoms with van der Waals surface area (Å²) >= 11 is 0. The summed E-state index contributed by atoms with van der Waals surface area (Å²) in [5.41, 5.74) is 0.690. The van der Waals surface area contributed by atoms with E-state index < -0.39 is 22.2 Å². The van der Waals surface area contributed by atoms with Gasteiger partial charge in [0.1, 0.15) is 12.4 Å². The van der Waals surface area contributed by atoms with Crippen LogP contribution in [-0.2, 0) is 11.3 Å². The summed E-state index contributed by atoms with van der Waals surface area (Å²) in [5, 5.41) is 13.4. The molecule has 0 aliphatic heterocycles. The number of carbonyl (C=O) groups excluding carboxylic acids is 1. The van der Waals surface area contributed by atoms with Gasteiger partial charge in [0, 0.05) is 29.4 Å². The van der Waals surface area contributed by atoms with Gasteiger partial charge in [-0.15, -0.1) is 0 Å². The molecule has 142 valence electrons. The number of nitro benzene ring substituents is 1. The second-order valence-corrected chi connectivity index (χ2v) is 6.02. The molecule has 0 unspecified atom stereocenters. The molecule has 0 aliphatic carbocycles. The number of anilines is 1. The highest BCUT2D eigenvalue weighted by atomic mass is 19.1. The van der Waals surface area contributed by atoms with Crippen molar-refractivity contribution in [3.05, 3.63) is 86.7 Å². The van der Waals surface area contributed by atoms with Crippen molar-refractivity contribution >= 4 is 17.3 Å². The monoisotopic (exact) mass is 382 g/mol. The Morgan fingerprint density at radius 2 is 2.00 bits per heavy atom. The second kappa shape index (κ2) is 7.78. The number of hydrogen-bond acceptors (Lipinski definition) is 5. The molecule has 0 atom stereocenters. The molecule has 0 fully saturated rings. The molecular formula is C19H15FN4O4. The third kappa shape index (κ3) is 4.09. The van der Waals surface area contributed by atoms with E-state index in [-0.39, 0.29) is 23.5 Å². The first-order chi connectivity index (χ1) is 13.3. The van der Waals surface area contributed by atoms with Crippen molar-refractivity contribution in [2.24, 2.45) is 0 Å². The van der Waals surface area contributed by atoms with Crippen LogP contribution in [0.15, 0.2) is 59.7 Å². The average Bonchev–Trinajstić information content (AvgIpc) is 2.65. The number of nitro groups is 1. The molecule has 3 aromatic rings. The van der Waals surface area contributed by atoms with E-state index in [9.17, 15) is 24.1 Å². The third-order valence-corrected chi connectivity index (χ3v) is 4.04. The lowest BCUT2D eigenvalue weighted by Crippen LogP contribution is -2.27. The summed E-state index contributed by atoms with van der Waals surface area (Å²) in [4.78, 5) is 38.8. The van der Waals surface area contributed by atoms with Crippen molar-refractivity contribution in [2.45, 2.75) is 13.5 Å². The Kier molecular flexibility index (Phi) is 5.25. The topological polar surface area (TPSA) is 107 Å². The first kappa shape index (κ1) is 18.9. The summed E-state index contributed by atoms with van der Waals surface area (Å²) in [6.07, 6.45) is 1.17. The Hall–Kier alpha value is -3.88. The van der Waals surface area contributed by atoms with E-state index in [0.717, 1.165) is 10.6 Å². The number of aromatic nitrogens is 2. The molecule has 2 aromatic carbocycles. The van der Waals surface area contributed by atoms with Gasteiger partial charge in [0.05, 0.1) is 16.9 Å². The fourth-order valence-corrected chi connectivity index (χ4v) is 2.61. The van der Waals surface area contributed by atoms with Crippen LogP contribution in [0.2, 0.25) is 0 Å². The molecule has 3 rings (SSSR count). The largest absolute Gasteiger partial charge is 0.324 e. The van der Waals surface area contributed by atoms with E-state index in [2.05, 4.69) is 10.3 Å². The highest BCUT2D eigenvalue weighted by Gasteiger charge is 2.12. The fraction of sp³-hybridized carbons (Fsp3) is 0.105. The van der Waals surface area contributed by atoms with Gasteiger partial charge in [-0.05, 0) is 30.7 Å². The van der Waals surface area contributed by atoms with Crippen LogP contribution in [0.3, 0.4) is 0 Å². The molecular weight excluding hydrogens is 367 g/mol. The lowest BCUT2D eigenvalue weighted by atomic mass is 10.1. The Morgan fingerprint density at radius 3 is 2.64 bits per heavy atom. The van der Waals surface area contributed by atoms with E-state index in [1.807, 2.05) is 0 Å². The summed E-state index contributed by atoms with van der Waals surface area (Å²) in [6, 6.07) is 11.1. The van der Waals surface area contributed by atoms with Crippen molar-refractivity contribution in [2.75, 3.05) is 5.32 Å². The van der Waals surface area contributed by atoms with Crippen molar-refractivity contribution in [1.29, 1.82) is 0 Å². The second-order valence-electron chi connectivity index (χ2n) is 6.02. The highest BCUT2D eigenvalue weighted by molar-refractivity contribution is 5.91. The Morgan fingerprint density at radius 1 is 1.25 bits per heavy atom. The molecule has 1 aromatic heterocycles. The smallest absolute Gasteiger partial charge is 0.269 e. The molecule has 28 heavy (non-hydrogen) atoms. The molecule has 1 heterocycles. The van der Waals surface area contributed by atoms with Gasteiger partial charge in [0.2, 0.25) is 5.91 Å². The van der Waals surface area contributed by atoms with Crippen LogP contribution in [0.4, 0.5) is 15.8 Å². The summed E-state index contributed by atoms with van der Waals surface area (Å²) < 4.78 is 14.9. The summed E-state index contributed by atoms with van der Waals surface area (Å²) in [5.74, 6) is -1.00. The number of nitrogens with zero attached hydrogens (tertiary/aromatic N) is 3. The number of nitrogens with one attached hydrogen (secondary N) is 1.